The average molecular weight is 310 g/mol. The van der Waals surface area contributed by atoms with E-state index in [1.165, 1.54) is 6.42 Å². The van der Waals surface area contributed by atoms with Gasteiger partial charge in [-0.2, -0.15) is 0 Å². The van der Waals surface area contributed by atoms with Gasteiger partial charge >= 0.3 is 6.03 Å². The maximum absolute atomic E-state index is 12.1. The monoisotopic (exact) mass is 310 g/mol. The minimum absolute atomic E-state index is 0.217. The van der Waals surface area contributed by atoms with Crippen LogP contribution in [0.3, 0.4) is 0 Å². The summed E-state index contributed by atoms with van der Waals surface area (Å²) in [7, 11) is 0. The molecule has 0 bridgehead atoms. The summed E-state index contributed by atoms with van der Waals surface area (Å²) >= 11 is 0. The second-order valence-corrected chi connectivity index (χ2v) is 6.85. The predicted octanol–water partition coefficient (Wildman–Crippen LogP) is 1.20. The van der Waals surface area contributed by atoms with Crippen LogP contribution in [0.5, 0.6) is 0 Å². The van der Waals surface area contributed by atoms with Gasteiger partial charge in [0.15, 0.2) is 0 Å². The van der Waals surface area contributed by atoms with Crippen LogP contribution in [0.25, 0.3) is 0 Å². The molecule has 0 aromatic rings. The Bertz CT molecular complexity index is 382. The summed E-state index contributed by atoms with van der Waals surface area (Å²) in [6, 6.07) is 0.108. The van der Waals surface area contributed by atoms with Crippen molar-refractivity contribution in [2.45, 2.75) is 64.0 Å². The molecule has 2 fully saturated rings. The van der Waals surface area contributed by atoms with Crippen molar-refractivity contribution < 1.29 is 9.59 Å². The Morgan fingerprint density at radius 3 is 2.59 bits per heavy atom. The third-order valence-electron chi connectivity index (χ3n) is 4.91. The van der Waals surface area contributed by atoms with Gasteiger partial charge in [0.1, 0.15) is 0 Å². The Morgan fingerprint density at radius 1 is 1.18 bits per heavy atom. The highest BCUT2D eigenvalue weighted by Gasteiger charge is 2.27. The molecular weight excluding hydrogens is 280 g/mol. The second kappa shape index (κ2) is 8.48. The van der Waals surface area contributed by atoms with Crippen LogP contribution in [0.15, 0.2) is 0 Å². The van der Waals surface area contributed by atoms with Gasteiger partial charge in [-0.3, -0.25) is 15.0 Å². The lowest BCUT2D eigenvalue weighted by Gasteiger charge is -2.37. The van der Waals surface area contributed by atoms with Crippen LogP contribution >= 0.6 is 0 Å². The molecule has 2 aliphatic rings. The number of nitrogens with two attached hydrogens (primary N) is 1. The average Bonchev–Trinajstić information content (AvgIpc) is 2.49. The molecule has 4 N–H and O–H groups in total. The number of rotatable bonds is 4. The number of carbonyl (C=O) groups excluding carboxylic acids is 2. The number of nitrogens with one attached hydrogen (secondary N) is 2. The van der Waals surface area contributed by atoms with E-state index in [1.807, 2.05) is 0 Å². The summed E-state index contributed by atoms with van der Waals surface area (Å²) in [6.45, 7) is 3.91. The molecule has 22 heavy (non-hydrogen) atoms. The summed E-state index contributed by atoms with van der Waals surface area (Å²) in [4.78, 5) is 26.0. The second-order valence-electron chi connectivity index (χ2n) is 6.85. The molecule has 6 nitrogen and oxygen atoms in total. The van der Waals surface area contributed by atoms with E-state index in [9.17, 15) is 9.59 Å². The minimum Gasteiger partial charge on any atom is -0.335 e. The molecule has 1 saturated carbocycles. The lowest BCUT2D eigenvalue weighted by atomic mass is 9.92. The lowest BCUT2D eigenvalue weighted by Crippen LogP contribution is -2.52. The number of hydrogen-bond acceptors (Lipinski definition) is 4. The van der Waals surface area contributed by atoms with Crippen molar-refractivity contribution in [2.75, 3.05) is 19.6 Å². The number of carbonyl (C=O) groups is 2. The predicted molar refractivity (Wildman–Crippen MR) is 86.4 cm³/mol. The maximum Gasteiger partial charge on any atom is 0.321 e. The van der Waals surface area contributed by atoms with Crippen LogP contribution in [0, 0.1) is 5.92 Å². The Hall–Kier alpha value is -1.14. The van der Waals surface area contributed by atoms with Crippen LogP contribution in [-0.2, 0) is 4.79 Å². The lowest BCUT2D eigenvalue weighted by molar-refractivity contribution is -0.122. The van der Waals surface area contributed by atoms with E-state index >= 15 is 0 Å². The Balaban J connectivity index is 1.73. The Kier molecular flexibility index (Phi) is 6.64. The van der Waals surface area contributed by atoms with Crippen LogP contribution in [-0.4, -0.2) is 48.6 Å². The zero-order chi connectivity index (χ0) is 15.9. The molecule has 1 heterocycles. The normalized spacial score (nSPS) is 27.4. The van der Waals surface area contributed by atoms with Crippen molar-refractivity contribution in [1.82, 2.24) is 15.5 Å². The Labute approximate surface area is 133 Å². The first-order chi connectivity index (χ1) is 10.6. The topological polar surface area (TPSA) is 87.5 Å². The van der Waals surface area contributed by atoms with Crippen molar-refractivity contribution in [2.24, 2.45) is 11.7 Å². The van der Waals surface area contributed by atoms with E-state index in [2.05, 4.69) is 22.5 Å². The summed E-state index contributed by atoms with van der Waals surface area (Å²) in [6.07, 6.45) is 7.69. The standard InChI is InChI=1S/C16H30N4O2/c1-12-7-8-20(14(9-12)10-17)11-15(21)19-16(22)18-13-5-3-2-4-6-13/h12-14H,2-11,17H2,1H3,(H2,18,19,21,22). The molecule has 1 saturated heterocycles. The molecule has 2 unspecified atom stereocenters. The van der Waals surface area contributed by atoms with Crippen molar-refractivity contribution in [3.8, 4) is 0 Å². The fraction of sp³-hybridized carbons (Fsp3) is 0.875. The molecular formula is C16H30N4O2. The fourth-order valence-corrected chi connectivity index (χ4v) is 3.57. The molecule has 0 radical (unpaired) electrons. The van der Waals surface area contributed by atoms with Gasteiger partial charge < -0.3 is 11.1 Å². The van der Waals surface area contributed by atoms with E-state index in [0.717, 1.165) is 45.1 Å². The van der Waals surface area contributed by atoms with Gasteiger partial charge in [-0.05, 0) is 38.1 Å². The van der Waals surface area contributed by atoms with Crippen molar-refractivity contribution in [3.05, 3.63) is 0 Å². The van der Waals surface area contributed by atoms with Gasteiger partial charge in [0.2, 0.25) is 5.91 Å². The number of piperidine rings is 1. The number of hydrogen-bond donors (Lipinski definition) is 3. The molecule has 1 aliphatic carbocycles. The van der Waals surface area contributed by atoms with Crippen LogP contribution < -0.4 is 16.4 Å². The summed E-state index contributed by atoms with van der Waals surface area (Å²) < 4.78 is 0. The smallest absolute Gasteiger partial charge is 0.321 e. The van der Waals surface area contributed by atoms with Crippen LogP contribution in [0.1, 0.15) is 51.9 Å². The highest BCUT2D eigenvalue weighted by Crippen LogP contribution is 2.21. The highest BCUT2D eigenvalue weighted by atomic mass is 16.2. The first-order valence-electron chi connectivity index (χ1n) is 8.63. The van der Waals surface area contributed by atoms with Crippen molar-refractivity contribution in [1.29, 1.82) is 0 Å². The van der Waals surface area contributed by atoms with E-state index < -0.39 is 0 Å². The van der Waals surface area contributed by atoms with Gasteiger partial charge in [0.05, 0.1) is 6.54 Å². The molecule has 0 aromatic heterocycles. The summed E-state index contributed by atoms with van der Waals surface area (Å²) in [5, 5.41) is 5.36. The highest BCUT2D eigenvalue weighted by molar-refractivity contribution is 5.95. The molecule has 2 rings (SSSR count). The quantitative estimate of drug-likeness (QED) is 0.728. The SMILES string of the molecule is CC1CCN(CC(=O)NC(=O)NC2CCCCC2)C(CN)C1. The van der Waals surface area contributed by atoms with Gasteiger partial charge in [0.25, 0.3) is 0 Å². The molecule has 0 spiro atoms. The zero-order valence-electron chi connectivity index (χ0n) is 13.6. The van der Waals surface area contributed by atoms with Gasteiger partial charge in [-0.1, -0.05) is 26.2 Å². The van der Waals surface area contributed by atoms with E-state index in [0.29, 0.717) is 12.5 Å². The fourth-order valence-electron chi connectivity index (χ4n) is 3.57. The number of likely N-dealkylation sites (tertiary alicyclic amines) is 1. The van der Waals surface area contributed by atoms with Gasteiger partial charge in [-0.25, -0.2) is 4.79 Å². The molecule has 3 amide bonds. The van der Waals surface area contributed by atoms with Gasteiger partial charge in [-0.15, -0.1) is 0 Å². The van der Waals surface area contributed by atoms with Crippen molar-refractivity contribution >= 4 is 11.9 Å². The van der Waals surface area contributed by atoms with Crippen LogP contribution in [0.2, 0.25) is 0 Å². The van der Waals surface area contributed by atoms with E-state index in [-0.39, 0.29) is 30.6 Å². The Morgan fingerprint density at radius 2 is 1.91 bits per heavy atom. The number of amides is 3. The number of nitrogens with zero attached hydrogens (tertiary/aromatic N) is 1. The molecule has 0 aromatic carbocycles. The zero-order valence-corrected chi connectivity index (χ0v) is 13.6. The van der Waals surface area contributed by atoms with E-state index in [4.69, 9.17) is 5.73 Å². The number of imide groups is 1. The maximum atomic E-state index is 12.1. The molecule has 126 valence electrons. The summed E-state index contributed by atoms with van der Waals surface area (Å²) in [5.74, 6) is 0.420. The summed E-state index contributed by atoms with van der Waals surface area (Å²) in [5.41, 5.74) is 5.80. The van der Waals surface area contributed by atoms with E-state index in [1.54, 1.807) is 0 Å². The molecule has 1 aliphatic heterocycles. The van der Waals surface area contributed by atoms with Crippen LogP contribution in [0.4, 0.5) is 4.79 Å². The molecule has 2 atom stereocenters. The number of urea groups is 1. The third-order valence-corrected chi connectivity index (χ3v) is 4.91. The van der Waals surface area contributed by atoms with Crippen molar-refractivity contribution in [3.63, 3.8) is 0 Å². The first kappa shape index (κ1) is 17.2. The van der Waals surface area contributed by atoms with Gasteiger partial charge in [0, 0.05) is 18.6 Å². The molecule has 6 heteroatoms. The third kappa shape index (κ3) is 5.25. The largest absolute Gasteiger partial charge is 0.335 e. The minimum atomic E-state index is -0.355. The first-order valence-corrected chi connectivity index (χ1v) is 8.63.